The Kier molecular flexibility index (Phi) is 6.61. The molecule has 1 amide bonds. The maximum atomic E-state index is 12.5. The fourth-order valence-electron chi connectivity index (χ4n) is 8.28. The largest absolute Gasteiger partial charge is 0.462 e. The number of nitrogens with zero attached hydrogens (tertiary/aromatic N) is 1. The normalized spacial score (nSPS) is 36.9. The molecule has 6 heteroatoms. The summed E-state index contributed by atoms with van der Waals surface area (Å²) in [5, 5.41) is 10.7. The third kappa shape index (κ3) is 4.34. The molecule has 0 spiro atoms. The molecule has 0 saturated heterocycles. The molecule has 0 aromatic heterocycles. The van der Waals surface area contributed by atoms with Crippen LogP contribution in [0.25, 0.3) is 6.08 Å². The molecule has 1 aromatic rings. The van der Waals surface area contributed by atoms with Crippen molar-refractivity contribution in [3.05, 3.63) is 63.2 Å². The molecule has 0 aliphatic heterocycles. The number of amides is 1. The van der Waals surface area contributed by atoms with Gasteiger partial charge in [0, 0.05) is 18.4 Å². The number of rotatable bonds is 3. The summed E-state index contributed by atoms with van der Waals surface area (Å²) in [6.45, 7) is 6.13. The SMILES string of the molecule is CC(=O)O[C@H]1CC[C@@]2(C)C(=CC[C@@H]3[C@@H]2CC[C@]2(C)C(=C(/C#N)C(N)=O)/C(=C/c4cccc(Cl)c4)C[C@@H]32)C1. The lowest BCUT2D eigenvalue weighted by Crippen LogP contribution is -2.50. The fraction of sp³-hybridized carbons (Fsp3) is 0.516. The molecule has 6 atom stereocenters. The number of primary amides is 1. The van der Waals surface area contributed by atoms with Gasteiger partial charge in [-0.1, -0.05) is 55.3 Å². The minimum absolute atomic E-state index is 0.0239. The van der Waals surface area contributed by atoms with Gasteiger partial charge in [0.15, 0.2) is 0 Å². The number of hydrogen-bond donors (Lipinski definition) is 1. The van der Waals surface area contributed by atoms with Gasteiger partial charge in [0.1, 0.15) is 17.7 Å². The van der Waals surface area contributed by atoms with Gasteiger partial charge in [0.25, 0.3) is 5.91 Å². The van der Waals surface area contributed by atoms with E-state index in [1.54, 1.807) is 0 Å². The molecule has 3 saturated carbocycles. The summed E-state index contributed by atoms with van der Waals surface area (Å²) in [6, 6.07) is 9.82. The highest BCUT2D eigenvalue weighted by Crippen LogP contribution is 2.67. The molecule has 2 N–H and O–H groups in total. The number of hydrogen-bond acceptors (Lipinski definition) is 4. The monoisotopic (exact) mass is 518 g/mol. The molecule has 4 aliphatic rings. The first kappa shape index (κ1) is 25.8. The van der Waals surface area contributed by atoms with E-state index in [4.69, 9.17) is 22.1 Å². The van der Waals surface area contributed by atoms with E-state index in [1.165, 1.54) is 12.5 Å². The molecule has 1 aromatic carbocycles. The van der Waals surface area contributed by atoms with Crippen molar-refractivity contribution >= 4 is 29.6 Å². The molecule has 194 valence electrons. The summed E-state index contributed by atoms with van der Waals surface area (Å²) in [5.74, 6) is 0.430. The van der Waals surface area contributed by atoms with E-state index in [0.29, 0.717) is 22.8 Å². The number of fused-ring (bicyclic) bond motifs is 5. The summed E-state index contributed by atoms with van der Waals surface area (Å²) in [6.07, 6.45) is 10.9. The summed E-state index contributed by atoms with van der Waals surface area (Å²) < 4.78 is 5.58. The number of nitrogens with two attached hydrogens (primary N) is 1. The molecule has 0 unspecified atom stereocenters. The molecular weight excluding hydrogens is 484 g/mol. The van der Waals surface area contributed by atoms with E-state index < -0.39 is 5.91 Å². The van der Waals surface area contributed by atoms with Crippen molar-refractivity contribution in [2.24, 2.45) is 34.3 Å². The predicted molar refractivity (Wildman–Crippen MR) is 144 cm³/mol. The van der Waals surface area contributed by atoms with Crippen LogP contribution in [0.1, 0.15) is 71.3 Å². The fourth-order valence-corrected chi connectivity index (χ4v) is 8.48. The first-order chi connectivity index (χ1) is 17.6. The lowest BCUT2D eigenvalue weighted by Gasteiger charge is -2.57. The second-order valence-electron chi connectivity index (χ2n) is 11.8. The van der Waals surface area contributed by atoms with E-state index in [1.807, 2.05) is 24.3 Å². The van der Waals surface area contributed by atoms with Crippen molar-refractivity contribution in [1.82, 2.24) is 0 Å². The van der Waals surface area contributed by atoms with Crippen molar-refractivity contribution in [2.75, 3.05) is 0 Å². The molecule has 5 nitrogen and oxygen atoms in total. The predicted octanol–water partition coefficient (Wildman–Crippen LogP) is 6.53. The third-order valence-corrected chi connectivity index (χ3v) is 10.1. The minimum Gasteiger partial charge on any atom is -0.462 e. The number of carbonyl (C=O) groups is 2. The first-order valence-corrected chi connectivity index (χ1v) is 13.7. The van der Waals surface area contributed by atoms with E-state index >= 15 is 0 Å². The van der Waals surface area contributed by atoms with Crippen LogP contribution in [-0.2, 0) is 14.3 Å². The van der Waals surface area contributed by atoms with Gasteiger partial charge in [-0.25, -0.2) is 0 Å². The van der Waals surface area contributed by atoms with Crippen molar-refractivity contribution < 1.29 is 14.3 Å². The van der Waals surface area contributed by atoms with Crippen molar-refractivity contribution in [1.29, 1.82) is 5.26 Å². The summed E-state index contributed by atoms with van der Waals surface area (Å²) >= 11 is 6.26. The van der Waals surface area contributed by atoms with Crippen molar-refractivity contribution in [3.8, 4) is 6.07 Å². The molecule has 37 heavy (non-hydrogen) atoms. The Hall–Kier alpha value is -2.84. The topological polar surface area (TPSA) is 93.2 Å². The van der Waals surface area contributed by atoms with Crippen molar-refractivity contribution in [2.45, 2.75) is 71.8 Å². The average Bonchev–Trinajstić information content (AvgIpc) is 3.11. The van der Waals surface area contributed by atoms with Crippen LogP contribution in [0.4, 0.5) is 0 Å². The van der Waals surface area contributed by atoms with Gasteiger partial charge in [-0.15, -0.1) is 0 Å². The van der Waals surface area contributed by atoms with Gasteiger partial charge in [0.2, 0.25) is 0 Å². The summed E-state index contributed by atoms with van der Waals surface area (Å²) in [7, 11) is 0. The Morgan fingerprint density at radius 1 is 1.16 bits per heavy atom. The van der Waals surface area contributed by atoms with Crippen LogP contribution in [0.2, 0.25) is 5.02 Å². The number of nitriles is 1. The third-order valence-electron chi connectivity index (χ3n) is 9.91. The Bertz CT molecular complexity index is 1290. The van der Waals surface area contributed by atoms with Crippen LogP contribution in [0.3, 0.4) is 0 Å². The zero-order valence-electron chi connectivity index (χ0n) is 21.9. The molecule has 3 fully saturated rings. The van der Waals surface area contributed by atoms with E-state index in [9.17, 15) is 14.9 Å². The van der Waals surface area contributed by atoms with Crippen LogP contribution >= 0.6 is 11.6 Å². The summed E-state index contributed by atoms with van der Waals surface area (Å²) in [5.41, 5.74) is 9.92. The minimum atomic E-state index is -0.653. The van der Waals surface area contributed by atoms with Crippen LogP contribution in [-0.4, -0.2) is 18.0 Å². The quantitative estimate of drug-likeness (QED) is 0.213. The number of carbonyl (C=O) groups excluding carboxylic acids is 2. The second kappa shape index (κ2) is 9.48. The Morgan fingerprint density at radius 2 is 1.92 bits per heavy atom. The number of benzene rings is 1. The van der Waals surface area contributed by atoms with Gasteiger partial charge in [-0.05, 0) is 96.0 Å². The van der Waals surface area contributed by atoms with Gasteiger partial charge >= 0.3 is 5.97 Å². The standard InChI is InChI=1S/C31H35ClN2O3/c1-18(35)37-23-9-11-30(2)21(16-23)7-8-24-26(30)10-12-31(3)27(24)15-20(28(31)25(17-33)29(34)36)13-19-5-4-6-22(32)14-19/h4-7,13-14,23-24,26-27H,8-12,15-16H2,1-3H3,(H2,34,36)/b20-13+,28-25-/t23-,24+,26-,27-,30-,31-/m0/s1. The molecule has 0 bridgehead atoms. The number of allylic oxidation sites excluding steroid dienone is 3. The molecule has 4 aliphatic carbocycles. The molecular formula is C31H35ClN2O3. The molecule has 5 rings (SSSR count). The van der Waals surface area contributed by atoms with Gasteiger partial charge in [-0.2, -0.15) is 5.26 Å². The molecule has 0 heterocycles. The highest BCUT2D eigenvalue weighted by molar-refractivity contribution is 6.30. The highest BCUT2D eigenvalue weighted by Gasteiger charge is 2.59. The average molecular weight is 519 g/mol. The van der Waals surface area contributed by atoms with E-state index in [-0.39, 0.29) is 28.5 Å². The zero-order chi connectivity index (χ0) is 26.5. The van der Waals surface area contributed by atoms with Crippen LogP contribution < -0.4 is 5.73 Å². The van der Waals surface area contributed by atoms with Crippen molar-refractivity contribution in [3.63, 3.8) is 0 Å². The van der Waals surface area contributed by atoms with Crippen LogP contribution in [0.15, 0.2) is 52.6 Å². The Labute approximate surface area is 224 Å². The molecule has 0 radical (unpaired) electrons. The van der Waals surface area contributed by atoms with Crippen LogP contribution in [0, 0.1) is 39.9 Å². The number of ether oxygens (including phenoxy) is 1. The maximum Gasteiger partial charge on any atom is 0.302 e. The Morgan fingerprint density at radius 3 is 2.59 bits per heavy atom. The smallest absolute Gasteiger partial charge is 0.302 e. The first-order valence-electron chi connectivity index (χ1n) is 13.3. The van der Waals surface area contributed by atoms with E-state index in [0.717, 1.165) is 61.7 Å². The lowest BCUT2D eigenvalue weighted by molar-refractivity contribution is -0.148. The van der Waals surface area contributed by atoms with Crippen LogP contribution in [0.5, 0.6) is 0 Å². The Balaban J connectivity index is 1.55. The zero-order valence-corrected chi connectivity index (χ0v) is 22.6. The van der Waals surface area contributed by atoms with Gasteiger partial charge in [0.05, 0.1) is 0 Å². The van der Waals surface area contributed by atoms with E-state index in [2.05, 4.69) is 32.1 Å². The van der Waals surface area contributed by atoms with Gasteiger partial charge in [-0.3, -0.25) is 9.59 Å². The maximum absolute atomic E-state index is 12.5. The number of esters is 1. The number of halogens is 1. The van der Waals surface area contributed by atoms with Gasteiger partial charge < -0.3 is 10.5 Å². The summed E-state index contributed by atoms with van der Waals surface area (Å²) in [4.78, 5) is 24.0. The lowest BCUT2D eigenvalue weighted by atomic mass is 9.47. The second-order valence-corrected chi connectivity index (χ2v) is 12.3. The highest BCUT2D eigenvalue weighted by atomic mass is 35.5.